The van der Waals surface area contributed by atoms with Crippen molar-refractivity contribution >= 4 is 52.2 Å². The highest BCUT2D eigenvalue weighted by Crippen LogP contribution is 2.36. The lowest BCUT2D eigenvalue weighted by atomic mass is 10.1. The predicted octanol–water partition coefficient (Wildman–Crippen LogP) is -0.359. The van der Waals surface area contributed by atoms with Gasteiger partial charge in [0.15, 0.2) is 11.5 Å². The highest BCUT2D eigenvalue weighted by molar-refractivity contribution is 8.26. The molecule has 27 heavy (non-hydrogen) atoms. The van der Waals surface area contributed by atoms with Gasteiger partial charge in [0.05, 0.1) is 23.5 Å². The predicted molar refractivity (Wildman–Crippen MR) is 97.3 cm³/mol. The zero-order chi connectivity index (χ0) is 20.1. The van der Waals surface area contributed by atoms with Gasteiger partial charge < -0.3 is 29.6 Å². The van der Waals surface area contributed by atoms with Gasteiger partial charge in [-0.2, -0.15) is 0 Å². The monoisotopic (exact) mass is 409 g/mol. The first-order valence-electron chi connectivity index (χ1n) is 7.88. The molecule has 0 saturated carbocycles. The van der Waals surface area contributed by atoms with Gasteiger partial charge in [-0.25, -0.2) is 0 Å². The Kier molecular flexibility index (Phi) is 6.81. The van der Waals surface area contributed by atoms with Crippen LogP contribution in [0.2, 0.25) is 0 Å². The maximum atomic E-state index is 12.6. The van der Waals surface area contributed by atoms with Crippen molar-refractivity contribution in [2.24, 2.45) is 0 Å². The fourth-order valence-electron chi connectivity index (χ4n) is 2.40. The first kappa shape index (κ1) is 20.7. The number of phenols is 1. The maximum Gasteiger partial charge on any atom is 0.266 e. The number of amides is 1. The van der Waals surface area contributed by atoms with E-state index >= 15 is 0 Å². The average molecular weight is 409 g/mol. The van der Waals surface area contributed by atoms with Crippen molar-refractivity contribution in [3.63, 3.8) is 0 Å². The number of hydrogen-bond acceptors (Lipinski definition) is 9. The zero-order valence-electron chi connectivity index (χ0n) is 14.2. The number of carboxylic acid groups (broad SMARTS) is 2. The van der Waals surface area contributed by atoms with E-state index in [0.717, 1.165) is 16.7 Å². The van der Waals surface area contributed by atoms with Crippen molar-refractivity contribution in [3.05, 3.63) is 28.7 Å². The lowest BCUT2D eigenvalue weighted by molar-refractivity contribution is -0.311. The average Bonchev–Trinajstić information content (AvgIpc) is 2.85. The third-order valence-electron chi connectivity index (χ3n) is 3.61. The van der Waals surface area contributed by atoms with E-state index < -0.39 is 30.3 Å². The molecule has 1 N–H and O–H groups in total. The number of ether oxygens (including phenoxy) is 1. The van der Waals surface area contributed by atoms with Gasteiger partial charge in [-0.05, 0) is 43.5 Å². The van der Waals surface area contributed by atoms with Gasteiger partial charge in [0, 0.05) is 5.97 Å². The van der Waals surface area contributed by atoms with Crippen molar-refractivity contribution < 1.29 is 34.4 Å². The Bertz CT molecular complexity index is 821. The molecule has 0 bridgehead atoms. The maximum absolute atomic E-state index is 12.6. The summed E-state index contributed by atoms with van der Waals surface area (Å²) in [6, 6.07) is 2.98. The number of aliphatic carboxylic acids is 2. The molecule has 1 aromatic carbocycles. The number of aromatic hydroxyl groups is 1. The minimum atomic E-state index is -1.60. The summed E-state index contributed by atoms with van der Waals surface area (Å²) in [4.78, 5) is 35.6. The highest BCUT2D eigenvalue weighted by Gasteiger charge is 2.37. The molecule has 0 radical (unpaired) electrons. The summed E-state index contributed by atoms with van der Waals surface area (Å²) in [5, 5.41) is 31.7. The van der Waals surface area contributed by atoms with Crippen LogP contribution < -0.4 is 14.9 Å². The van der Waals surface area contributed by atoms with E-state index in [2.05, 4.69) is 0 Å². The Morgan fingerprint density at radius 3 is 2.70 bits per heavy atom. The van der Waals surface area contributed by atoms with E-state index in [0.29, 0.717) is 12.2 Å². The Morgan fingerprint density at radius 2 is 2.11 bits per heavy atom. The molecule has 1 aromatic rings. The molecule has 1 fully saturated rings. The van der Waals surface area contributed by atoms with E-state index in [-0.39, 0.29) is 27.1 Å². The number of nitrogens with zero attached hydrogens (tertiary/aromatic N) is 1. The van der Waals surface area contributed by atoms with Crippen LogP contribution in [-0.2, 0) is 14.4 Å². The minimum absolute atomic E-state index is 0.0115. The number of carbonyl (C=O) groups excluding carboxylic acids is 3. The fraction of sp³-hybridized carbons (Fsp3) is 0.294. The molecule has 10 heteroatoms. The summed E-state index contributed by atoms with van der Waals surface area (Å²) < 4.78 is 5.27. The second-order valence-electron chi connectivity index (χ2n) is 5.46. The van der Waals surface area contributed by atoms with Crippen LogP contribution in [0, 0.1) is 0 Å². The van der Waals surface area contributed by atoms with Gasteiger partial charge >= 0.3 is 0 Å². The third-order valence-corrected chi connectivity index (χ3v) is 4.94. The lowest BCUT2D eigenvalue weighted by Gasteiger charge is -2.27. The zero-order valence-corrected chi connectivity index (χ0v) is 15.8. The van der Waals surface area contributed by atoms with E-state index in [1.54, 1.807) is 13.0 Å². The number of rotatable bonds is 8. The Morgan fingerprint density at radius 1 is 1.41 bits per heavy atom. The van der Waals surface area contributed by atoms with Gasteiger partial charge in [-0.15, -0.1) is 0 Å². The molecule has 1 amide bonds. The summed E-state index contributed by atoms with van der Waals surface area (Å²) >= 11 is 5.97. The smallest absolute Gasteiger partial charge is 0.266 e. The second-order valence-corrected chi connectivity index (χ2v) is 7.13. The molecule has 1 atom stereocenters. The normalized spacial score (nSPS) is 16.6. The number of carboxylic acids is 2. The standard InChI is InChI=1S/C17H17NO7S2/c1-2-25-12-7-9(3-5-11(12)19)8-13-15(22)18(17(26)27-13)10(16(23)24)4-6-14(20)21/h3,5,7-8,10,19H,2,4,6H2,1H3,(H,20,21)(H,23,24)/p-2/b13-8+. The van der Waals surface area contributed by atoms with Crippen LogP contribution in [0.1, 0.15) is 25.3 Å². The Hall–Kier alpha value is -2.59. The third kappa shape index (κ3) is 4.98. The molecule has 1 aliphatic heterocycles. The van der Waals surface area contributed by atoms with Crippen LogP contribution in [-0.4, -0.2) is 44.8 Å². The van der Waals surface area contributed by atoms with E-state index in [1.807, 2.05) is 0 Å². The molecule has 1 unspecified atom stereocenters. The number of carbonyl (C=O) groups is 3. The first-order chi connectivity index (χ1) is 12.7. The van der Waals surface area contributed by atoms with Gasteiger partial charge in [-0.3, -0.25) is 9.69 Å². The summed E-state index contributed by atoms with van der Waals surface area (Å²) in [5.41, 5.74) is 0.538. The van der Waals surface area contributed by atoms with Crippen LogP contribution in [0.4, 0.5) is 0 Å². The van der Waals surface area contributed by atoms with Gasteiger partial charge in [0.1, 0.15) is 4.32 Å². The lowest BCUT2D eigenvalue weighted by Crippen LogP contribution is -2.50. The number of benzene rings is 1. The molecular weight excluding hydrogens is 394 g/mol. The molecule has 0 aromatic heterocycles. The molecule has 0 aliphatic carbocycles. The van der Waals surface area contributed by atoms with Crippen LogP contribution >= 0.6 is 24.0 Å². The Labute approximate surface area is 164 Å². The van der Waals surface area contributed by atoms with Crippen LogP contribution in [0.3, 0.4) is 0 Å². The van der Waals surface area contributed by atoms with Crippen molar-refractivity contribution in [2.45, 2.75) is 25.8 Å². The first-order valence-corrected chi connectivity index (χ1v) is 9.10. The molecule has 2 rings (SSSR count). The van der Waals surface area contributed by atoms with Gasteiger partial charge in [0.2, 0.25) is 0 Å². The summed E-state index contributed by atoms with van der Waals surface area (Å²) in [5.74, 6) is -3.51. The Balaban J connectivity index is 2.28. The molecule has 8 nitrogen and oxygen atoms in total. The van der Waals surface area contributed by atoms with Crippen molar-refractivity contribution in [2.75, 3.05) is 6.61 Å². The number of thiocarbonyl (C=S) groups is 1. The number of hydrogen-bond donors (Lipinski definition) is 1. The summed E-state index contributed by atoms with van der Waals surface area (Å²) in [6.45, 7) is 2.09. The second kappa shape index (κ2) is 8.87. The molecule has 0 spiro atoms. The van der Waals surface area contributed by atoms with Crippen LogP contribution in [0.15, 0.2) is 23.1 Å². The molecule has 1 saturated heterocycles. The molecule has 1 heterocycles. The molecular formula is C17H15NO7S2-2. The molecule has 1 aliphatic rings. The van der Waals surface area contributed by atoms with Crippen molar-refractivity contribution in [3.8, 4) is 11.5 Å². The van der Waals surface area contributed by atoms with Crippen LogP contribution in [0.25, 0.3) is 6.08 Å². The topological polar surface area (TPSA) is 130 Å². The van der Waals surface area contributed by atoms with E-state index in [4.69, 9.17) is 17.0 Å². The van der Waals surface area contributed by atoms with Gasteiger partial charge in [-0.1, -0.05) is 30.0 Å². The largest absolute Gasteiger partial charge is 0.550 e. The summed E-state index contributed by atoms with van der Waals surface area (Å²) in [6.07, 6.45) is 0.550. The number of thioether (sulfide) groups is 1. The van der Waals surface area contributed by atoms with Crippen molar-refractivity contribution in [1.82, 2.24) is 4.90 Å². The van der Waals surface area contributed by atoms with E-state index in [9.17, 15) is 29.7 Å². The highest BCUT2D eigenvalue weighted by atomic mass is 32.2. The quantitative estimate of drug-likeness (QED) is 0.452. The number of phenolic OH excluding ortho intramolecular Hbond substituents is 1. The fourth-order valence-corrected chi connectivity index (χ4v) is 3.76. The van der Waals surface area contributed by atoms with E-state index in [1.165, 1.54) is 18.2 Å². The molecule has 144 valence electrons. The van der Waals surface area contributed by atoms with Gasteiger partial charge in [0.25, 0.3) is 5.91 Å². The van der Waals surface area contributed by atoms with Crippen molar-refractivity contribution in [1.29, 1.82) is 0 Å². The van der Waals surface area contributed by atoms with Crippen LogP contribution in [0.5, 0.6) is 11.5 Å². The minimum Gasteiger partial charge on any atom is -0.550 e. The SMILES string of the molecule is CCOc1cc(/C=C2/SC(=S)N(C(CCC(=O)[O-])C(=O)[O-])C2=O)ccc1O. The summed E-state index contributed by atoms with van der Waals surface area (Å²) in [7, 11) is 0.